The molecule has 0 atom stereocenters. The fraction of sp³-hybridized carbons (Fsp3) is 0.600. The van der Waals surface area contributed by atoms with Gasteiger partial charge < -0.3 is 4.90 Å². The largest absolute Gasteiger partial charge is 0.303 e. The zero-order valence-electron chi connectivity index (χ0n) is 11.0. The lowest BCUT2D eigenvalue weighted by atomic mass is 9.89. The Kier molecular flexibility index (Phi) is 4.93. The topological polar surface area (TPSA) is 3.24 Å². The van der Waals surface area contributed by atoms with Gasteiger partial charge in [0.25, 0.3) is 0 Å². The molecule has 0 aromatic heterocycles. The number of benzene rings is 1. The molecule has 1 aliphatic heterocycles. The van der Waals surface area contributed by atoms with Crippen LogP contribution in [0.1, 0.15) is 37.7 Å². The molecular formula is C15H23NS. The van der Waals surface area contributed by atoms with Crippen molar-refractivity contribution in [2.75, 3.05) is 25.9 Å². The third kappa shape index (κ3) is 3.49. The normalized spacial score (nSPS) is 18.5. The predicted octanol–water partition coefficient (Wildman–Crippen LogP) is 4.00. The van der Waals surface area contributed by atoms with Crippen LogP contribution >= 0.6 is 11.8 Å². The summed E-state index contributed by atoms with van der Waals surface area (Å²) >= 11 is 1.85. The molecule has 0 radical (unpaired) electrons. The number of piperidine rings is 1. The van der Waals surface area contributed by atoms with Crippen LogP contribution in [0.4, 0.5) is 0 Å². The van der Waals surface area contributed by atoms with Crippen LogP contribution in [0, 0.1) is 0 Å². The minimum atomic E-state index is 0.787. The van der Waals surface area contributed by atoms with Gasteiger partial charge in [0.1, 0.15) is 0 Å². The quantitative estimate of drug-likeness (QED) is 0.742. The van der Waals surface area contributed by atoms with Crippen molar-refractivity contribution in [2.24, 2.45) is 0 Å². The maximum absolute atomic E-state index is 2.61. The van der Waals surface area contributed by atoms with Crippen LogP contribution < -0.4 is 0 Å². The first-order valence-electron chi connectivity index (χ1n) is 6.69. The minimum Gasteiger partial charge on any atom is -0.303 e. The highest BCUT2D eigenvalue weighted by Gasteiger charge is 2.19. The van der Waals surface area contributed by atoms with Crippen molar-refractivity contribution in [2.45, 2.75) is 37.0 Å². The molecule has 0 spiro atoms. The zero-order chi connectivity index (χ0) is 12.1. The summed E-state index contributed by atoms with van der Waals surface area (Å²) in [6.45, 7) is 6.11. The smallest absolute Gasteiger partial charge is 0.00719 e. The Morgan fingerprint density at radius 1 is 1.29 bits per heavy atom. The molecule has 1 heterocycles. The third-order valence-corrected chi connectivity index (χ3v) is 4.42. The second-order valence-electron chi connectivity index (χ2n) is 4.89. The van der Waals surface area contributed by atoms with E-state index in [2.05, 4.69) is 42.3 Å². The molecule has 0 bridgehead atoms. The molecule has 17 heavy (non-hydrogen) atoms. The van der Waals surface area contributed by atoms with E-state index in [1.165, 1.54) is 43.8 Å². The van der Waals surface area contributed by atoms with Crippen LogP contribution in [0.3, 0.4) is 0 Å². The first-order valence-corrected chi connectivity index (χ1v) is 7.92. The van der Waals surface area contributed by atoms with E-state index in [-0.39, 0.29) is 0 Å². The van der Waals surface area contributed by atoms with E-state index >= 15 is 0 Å². The van der Waals surface area contributed by atoms with E-state index in [4.69, 9.17) is 0 Å². The number of thioether (sulfide) groups is 1. The zero-order valence-corrected chi connectivity index (χ0v) is 11.8. The van der Waals surface area contributed by atoms with Crippen LogP contribution in [0.2, 0.25) is 0 Å². The van der Waals surface area contributed by atoms with Crippen molar-refractivity contribution in [3.63, 3.8) is 0 Å². The van der Waals surface area contributed by atoms with Crippen LogP contribution in [-0.2, 0) is 0 Å². The predicted molar refractivity (Wildman–Crippen MR) is 76.9 cm³/mol. The fourth-order valence-electron chi connectivity index (χ4n) is 2.70. The summed E-state index contributed by atoms with van der Waals surface area (Å²) in [6.07, 6.45) is 6.10. The minimum absolute atomic E-state index is 0.787. The van der Waals surface area contributed by atoms with Crippen molar-refractivity contribution in [3.05, 3.63) is 29.8 Å². The van der Waals surface area contributed by atoms with Gasteiger partial charge in [-0.15, -0.1) is 11.8 Å². The SMILES string of the molecule is CCCN1CCC(c2cccc(SC)c2)CC1. The molecule has 0 aliphatic carbocycles. The number of rotatable bonds is 4. The Balaban J connectivity index is 1.95. The van der Waals surface area contributed by atoms with E-state index in [1.54, 1.807) is 5.56 Å². The number of hydrogen-bond acceptors (Lipinski definition) is 2. The second kappa shape index (κ2) is 6.46. The first kappa shape index (κ1) is 13.0. The van der Waals surface area contributed by atoms with Crippen molar-refractivity contribution in [3.8, 4) is 0 Å². The van der Waals surface area contributed by atoms with Crippen molar-refractivity contribution in [1.82, 2.24) is 4.90 Å². The van der Waals surface area contributed by atoms with Gasteiger partial charge in [0, 0.05) is 4.90 Å². The highest BCUT2D eigenvalue weighted by molar-refractivity contribution is 7.98. The van der Waals surface area contributed by atoms with Gasteiger partial charge >= 0.3 is 0 Å². The molecule has 0 N–H and O–H groups in total. The molecule has 1 aromatic carbocycles. The molecule has 1 fully saturated rings. The number of likely N-dealkylation sites (tertiary alicyclic amines) is 1. The monoisotopic (exact) mass is 249 g/mol. The summed E-state index contributed by atoms with van der Waals surface area (Å²) < 4.78 is 0. The van der Waals surface area contributed by atoms with Crippen LogP contribution in [0.15, 0.2) is 29.2 Å². The summed E-state index contributed by atoms with van der Waals surface area (Å²) in [7, 11) is 0. The summed E-state index contributed by atoms with van der Waals surface area (Å²) in [6, 6.07) is 9.10. The van der Waals surface area contributed by atoms with Gasteiger partial charge in [0.2, 0.25) is 0 Å². The lowest BCUT2D eigenvalue weighted by Gasteiger charge is -2.32. The van der Waals surface area contributed by atoms with Gasteiger partial charge in [-0.05, 0) is 68.8 Å². The Morgan fingerprint density at radius 3 is 2.71 bits per heavy atom. The molecule has 0 unspecified atom stereocenters. The standard InChI is InChI=1S/C15H23NS/c1-3-9-16-10-7-13(8-11-16)14-5-4-6-15(12-14)17-2/h4-6,12-13H,3,7-11H2,1-2H3. The molecule has 2 heteroatoms. The van der Waals surface area contributed by atoms with E-state index in [1.807, 2.05) is 11.8 Å². The van der Waals surface area contributed by atoms with Crippen LogP contribution in [-0.4, -0.2) is 30.8 Å². The van der Waals surface area contributed by atoms with E-state index in [0.29, 0.717) is 0 Å². The second-order valence-corrected chi connectivity index (χ2v) is 5.77. The van der Waals surface area contributed by atoms with Gasteiger partial charge in [-0.1, -0.05) is 19.1 Å². The van der Waals surface area contributed by atoms with Gasteiger partial charge in [-0.3, -0.25) is 0 Å². The van der Waals surface area contributed by atoms with Crippen LogP contribution in [0.5, 0.6) is 0 Å². The molecule has 2 rings (SSSR count). The Morgan fingerprint density at radius 2 is 2.06 bits per heavy atom. The average molecular weight is 249 g/mol. The van der Waals surface area contributed by atoms with E-state index in [9.17, 15) is 0 Å². The highest BCUT2D eigenvalue weighted by atomic mass is 32.2. The average Bonchev–Trinajstić information content (AvgIpc) is 2.40. The van der Waals surface area contributed by atoms with Crippen molar-refractivity contribution in [1.29, 1.82) is 0 Å². The van der Waals surface area contributed by atoms with Crippen molar-refractivity contribution >= 4 is 11.8 Å². The maximum Gasteiger partial charge on any atom is 0.00719 e. The number of hydrogen-bond donors (Lipinski definition) is 0. The lowest BCUT2D eigenvalue weighted by molar-refractivity contribution is 0.212. The summed E-state index contributed by atoms with van der Waals surface area (Å²) in [5.74, 6) is 0.787. The van der Waals surface area contributed by atoms with Gasteiger partial charge in [0.05, 0.1) is 0 Å². The van der Waals surface area contributed by atoms with Gasteiger partial charge in [0.15, 0.2) is 0 Å². The lowest BCUT2D eigenvalue weighted by Crippen LogP contribution is -2.33. The molecule has 1 nitrogen and oxygen atoms in total. The Labute approximate surface area is 110 Å². The molecule has 94 valence electrons. The summed E-state index contributed by atoms with van der Waals surface area (Å²) in [5, 5.41) is 0. The third-order valence-electron chi connectivity index (χ3n) is 3.69. The van der Waals surface area contributed by atoms with Gasteiger partial charge in [-0.2, -0.15) is 0 Å². The van der Waals surface area contributed by atoms with E-state index < -0.39 is 0 Å². The summed E-state index contributed by atoms with van der Waals surface area (Å²) in [4.78, 5) is 4.01. The molecule has 1 aliphatic rings. The highest BCUT2D eigenvalue weighted by Crippen LogP contribution is 2.30. The van der Waals surface area contributed by atoms with Gasteiger partial charge in [-0.25, -0.2) is 0 Å². The molecule has 0 amide bonds. The summed E-state index contributed by atoms with van der Waals surface area (Å²) in [5.41, 5.74) is 1.55. The Bertz CT molecular complexity index is 343. The first-order chi connectivity index (χ1) is 8.33. The molecular weight excluding hydrogens is 226 g/mol. The van der Waals surface area contributed by atoms with E-state index in [0.717, 1.165) is 5.92 Å². The van der Waals surface area contributed by atoms with Crippen molar-refractivity contribution < 1.29 is 0 Å². The molecule has 0 saturated carbocycles. The maximum atomic E-state index is 2.61. The Hall–Kier alpha value is -0.470. The fourth-order valence-corrected chi connectivity index (χ4v) is 3.17. The molecule has 1 aromatic rings. The molecule has 1 saturated heterocycles. The van der Waals surface area contributed by atoms with Crippen LogP contribution in [0.25, 0.3) is 0 Å². The number of nitrogens with zero attached hydrogens (tertiary/aromatic N) is 1.